The minimum Gasteiger partial charge on any atom is -0.497 e. The maximum Gasteiger partial charge on any atom is 0.418 e. The third-order valence-corrected chi connectivity index (χ3v) is 9.60. The number of halogens is 3. The molecule has 0 spiro atoms. The number of nitrogens with zero attached hydrogens (tertiary/aromatic N) is 3. The van der Waals surface area contributed by atoms with Crippen LogP contribution in [0, 0.1) is 5.92 Å². The van der Waals surface area contributed by atoms with Crippen molar-refractivity contribution in [2.45, 2.75) is 38.1 Å². The maximum atomic E-state index is 14.7. The number of carbonyl (C=O) groups is 1. The number of rotatable bonds is 9. The van der Waals surface area contributed by atoms with Crippen LogP contribution in [0.1, 0.15) is 40.7 Å². The number of alkyl halides is 3. The summed E-state index contributed by atoms with van der Waals surface area (Å²) < 4.78 is 67.7. The Hall–Kier alpha value is -4.81. The Kier molecular flexibility index (Phi) is 9.32. The molecule has 3 aromatic carbocycles. The molecule has 4 heterocycles. The van der Waals surface area contributed by atoms with Crippen molar-refractivity contribution in [1.29, 1.82) is 0 Å². The lowest BCUT2D eigenvalue weighted by Crippen LogP contribution is -2.49. The lowest BCUT2D eigenvalue weighted by Gasteiger charge is -2.41. The number of anilines is 2. The number of pyridine rings is 1. The Morgan fingerprint density at radius 3 is 2.36 bits per heavy atom. The summed E-state index contributed by atoms with van der Waals surface area (Å²) in [7, 11) is 3.00. The molecule has 2 saturated heterocycles. The minimum absolute atomic E-state index is 0.0442. The van der Waals surface area contributed by atoms with Crippen LogP contribution in [0.2, 0.25) is 0 Å². The van der Waals surface area contributed by atoms with E-state index >= 15 is 0 Å². The summed E-state index contributed by atoms with van der Waals surface area (Å²) in [5, 5.41) is 0. The van der Waals surface area contributed by atoms with Crippen molar-refractivity contribution in [3.8, 4) is 28.3 Å². The van der Waals surface area contributed by atoms with Crippen molar-refractivity contribution in [3.05, 3.63) is 100.0 Å². The molecule has 0 bridgehead atoms. The van der Waals surface area contributed by atoms with Crippen LogP contribution in [0.25, 0.3) is 16.8 Å². The molecule has 0 N–H and O–H groups in total. The summed E-state index contributed by atoms with van der Waals surface area (Å²) >= 11 is 0. The molecule has 1 aromatic heterocycles. The highest BCUT2D eigenvalue weighted by molar-refractivity contribution is 6.07. The van der Waals surface area contributed by atoms with Crippen LogP contribution in [0.4, 0.5) is 24.5 Å². The van der Waals surface area contributed by atoms with Gasteiger partial charge in [-0.1, -0.05) is 18.2 Å². The third kappa shape index (κ3) is 6.57. The Bertz CT molecular complexity index is 1910. The molecule has 1 atom stereocenters. The van der Waals surface area contributed by atoms with E-state index in [4.69, 9.17) is 18.9 Å². The van der Waals surface area contributed by atoms with Crippen molar-refractivity contribution < 1.29 is 36.9 Å². The summed E-state index contributed by atoms with van der Waals surface area (Å²) in [4.78, 5) is 31.6. The molecule has 3 aliphatic rings. The highest BCUT2D eigenvalue weighted by atomic mass is 19.4. The van der Waals surface area contributed by atoms with Crippen LogP contribution in [0.3, 0.4) is 0 Å². The van der Waals surface area contributed by atoms with Crippen molar-refractivity contribution in [1.82, 2.24) is 4.57 Å². The molecule has 2 fully saturated rings. The number of methoxy groups -OCH3 is 2. The molecule has 4 aromatic rings. The van der Waals surface area contributed by atoms with Crippen LogP contribution < -0.4 is 24.8 Å². The monoisotopic (exact) mass is 689 g/mol. The van der Waals surface area contributed by atoms with E-state index in [1.165, 1.54) is 37.4 Å². The normalized spacial score (nSPS) is 17.7. The second kappa shape index (κ2) is 13.8. The van der Waals surface area contributed by atoms with Crippen LogP contribution in [0.5, 0.6) is 11.5 Å². The first kappa shape index (κ1) is 33.7. The number of aromatic nitrogens is 1. The molecule has 12 heteroatoms. The largest absolute Gasteiger partial charge is 0.497 e. The molecule has 262 valence electrons. The number of hydrogen-bond acceptors (Lipinski definition) is 7. The van der Waals surface area contributed by atoms with Gasteiger partial charge in [-0.3, -0.25) is 14.2 Å². The summed E-state index contributed by atoms with van der Waals surface area (Å²) in [6.45, 7) is 2.54. The van der Waals surface area contributed by atoms with Crippen LogP contribution in [-0.2, 0) is 22.1 Å². The molecule has 1 amide bonds. The van der Waals surface area contributed by atoms with E-state index in [9.17, 15) is 22.8 Å². The molecule has 50 heavy (non-hydrogen) atoms. The number of amides is 1. The molecule has 9 nitrogen and oxygen atoms in total. The second-order valence-electron chi connectivity index (χ2n) is 12.8. The van der Waals surface area contributed by atoms with Gasteiger partial charge in [0, 0.05) is 61.2 Å². The van der Waals surface area contributed by atoms with E-state index in [0.717, 1.165) is 29.9 Å². The lowest BCUT2D eigenvalue weighted by atomic mass is 9.98. The van der Waals surface area contributed by atoms with E-state index < -0.39 is 23.2 Å². The number of ether oxygens (including phenoxy) is 4. The van der Waals surface area contributed by atoms with E-state index in [1.807, 2.05) is 4.90 Å². The van der Waals surface area contributed by atoms with Gasteiger partial charge in [0.2, 0.25) is 0 Å². The average Bonchev–Trinajstić information content (AvgIpc) is 3.57. The fourth-order valence-electron chi connectivity index (χ4n) is 6.96. The summed E-state index contributed by atoms with van der Waals surface area (Å²) in [6, 6.07) is 17.5. The van der Waals surface area contributed by atoms with Crippen molar-refractivity contribution in [2.75, 3.05) is 56.9 Å². The smallest absolute Gasteiger partial charge is 0.418 e. The standard InChI is InChI=1S/C38H38F3N3O6/c1-47-28-16-26(17-29(19-28)48-2)31-22-44(37(46)35-30(31)13-14-43(35)36(45)25-8-4-3-5-9-25)33-18-27(11-12-32(33)38(39,40)41)42-20-24(21-42)23-50-34-10-6-7-15-49-34/h3-5,8-9,11-12,16-19,22,24,34H,6-7,10,13-15,20-21,23H2,1-2H3. The van der Waals surface area contributed by atoms with Gasteiger partial charge in [-0.15, -0.1) is 0 Å². The maximum absolute atomic E-state index is 14.7. The van der Waals surface area contributed by atoms with Gasteiger partial charge in [0.25, 0.3) is 11.5 Å². The number of hydrogen-bond donors (Lipinski definition) is 0. The molecule has 7 rings (SSSR count). The molecule has 0 aliphatic carbocycles. The van der Waals surface area contributed by atoms with Gasteiger partial charge in [-0.2, -0.15) is 13.2 Å². The highest BCUT2D eigenvalue weighted by Crippen LogP contribution is 2.41. The van der Waals surface area contributed by atoms with E-state index in [-0.39, 0.29) is 30.1 Å². The van der Waals surface area contributed by atoms with Crippen molar-refractivity contribution in [2.24, 2.45) is 5.92 Å². The van der Waals surface area contributed by atoms with E-state index in [1.54, 1.807) is 48.5 Å². The first-order chi connectivity index (χ1) is 24.1. The predicted molar refractivity (Wildman–Crippen MR) is 183 cm³/mol. The highest BCUT2D eigenvalue weighted by Gasteiger charge is 2.38. The number of fused-ring (bicyclic) bond motifs is 1. The first-order valence-corrected chi connectivity index (χ1v) is 16.7. The zero-order valence-electron chi connectivity index (χ0n) is 27.9. The van der Waals surface area contributed by atoms with Gasteiger partial charge in [0.1, 0.15) is 17.2 Å². The van der Waals surface area contributed by atoms with E-state index in [0.29, 0.717) is 72.2 Å². The number of carbonyl (C=O) groups excluding carboxylic acids is 1. The summed E-state index contributed by atoms with van der Waals surface area (Å²) in [5.74, 6) is 0.711. The van der Waals surface area contributed by atoms with Gasteiger partial charge in [-0.05, 0) is 79.3 Å². The SMILES string of the molecule is COc1cc(OC)cc(-c2cn(-c3cc(N4CC(COC5CCCCO5)C4)ccc3C(F)(F)F)c(=O)c3c2CCN3C(=O)c2ccccc2)c1. The van der Waals surface area contributed by atoms with Gasteiger partial charge < -0.3 is 28.7 Å². The van der Waals surface area contributed by atoms with Crippen molar-refractivity contribution >= 4 is 17.3 Å². The first-order valence-electron chi connectivity index (χ1n) is 16.7. The minimum atomic E-state index is -4.77. The fraction of sp³-hybridized carbons (Fsp3) is 0.368. The summed E-state index contributed by atoms with van der Waals surface area (Å²) in [6.07, 6.45) is -0.274. The van der Waals surface area contributed by atoms with Gasteiger partial charge in [0.05, 0.1) is 32.1 Å². The second-order valence-corrected chi connectivity index (χ2v) is 12.8. The predicted octanol–water partition coefficient (Wildman–Crippen LogP) is 6.72. The van der Waals surface area contributed by atoms with Crippen LogP contribution in [0.15, 0.2) is 77.7 Å². The third-order valence-electron chi connectivity index (χ3n) is 9.60. The Labute approximate surface area is 287 Å². The Balaban J connectivity index is 1.32. The zero-order valence-corrected chi connectivity index (χ0v) is 27.9. The molecule has 3 aliphatic heterocycles. The van der Waals surface area contributed by atoms with Gasteiger partial charge in [0.15, 0.2) is 6.29 Å². The molecule has 0 saturated carbocycles. The van der Waals surface area contributed by atoms with Crippen LogP contribution >= 0.6 is 0 Å². The average molecular weight is 690 g/mol. The zero-order chi connectivity index (χ0) is 35.0. The van der Waals surface area contributed by atoms with E-state index in [2.05, 4.69) is 0 Å². The van der Waals surface area contributed by atoms with Crippen LogP contribution in [-0.4, -0.2) is 63.8 Å². The fourth-order valence-corrected chi connectivity index (χ4v) is 6.96. The molecular formula is C38H38F3N3O6. The summed E-state index contributed by atoms with van der Waals surface area (Å²) in [5.41, 5.74) is 0.564. The van der Waals surface area contributed by atoms with Gasteiger partial charge in [-0.25, -0.2) is 0 Å². The van der Waals surface area contributed by atoms with Gasteiger partial charge >= 0.3 is 6.18 Å². The lowest BCUT2D eigenvalue weighted by molar-refractivity contribution is -0.170. The quantitative estimate of drug-likeness (QED) is 0.193. The topological polar surface area (TPSA) is 82.5 Å². The van der Waals surface area contributed by atoms with Crippen molar-refractivity contribution in [3.63, 3.8) is 0 Å². The number of benzene rings is 3. The Morgan fingerprint density at radius 2 is 1.70 bits per heavy atom. The molecule has 1 unspecified atom stereocenters. The Morgan fingerprint density at radius 1 is 0.960 bits per heavy atom. The molecule has 0 radical (unpaired) electrons. The molecular weight excluding hydrogens is 651 g/mol.